The van der Waals surface area contributed by atoms with Crippen LogP contribution in [0.2, 0.25) is 0 Å². The summed E-state index contributed by atoms with van der Waals surface area (Å²) in [5, 5.41) is 11.3. The van der Waals surface area contributed by atoms with Crippen molar-refractivity contribution < 1.29 is 18.8 Å². The molecule has 1 heterocycles. The quantitative estimate of drug-likeness (QED) is 0.422. The van der Waals surface area contributed by atoms with Gasteiger partial charge in [0, 0.05) is 29.0 Å². The van der Waals surface area contributed by atoms with Crippen molar-refractivity contribution in [3.05, 3.63) is 78.3 Å². The predicted molar refractivity (Wildman–Crippen MR) is 119 cm³/mol. The van der Waals surface area contributed by atoms with Gasteiger partial charge in [-0.05, 0) is 54.6 Å². The zero-order chi connectivity index (χ0) is 22.1. The van der Waals surface area contributed by atoms with E-state index in [4.69, 9.17) is 4.42 Å². The van der Waals surface area contributed by atoms with Crippen LogP contribution in [0.5, 0.6) is 0 Å². The third-order valence-electron chi connectivity index (χ3n) is 4.35. The maximum absolute atomic E-state index is 12.2. The number of anilines is 3. The molecule has 8 heteroatoms. The Kier molecular flexibility index (Phi) is 7.42. The summed E-state index contributed by atoms with van der Waals surface area (Å²) in [5.74, 6) is 0.133. The summed E-state index contributed by atoms with van der Waals surface area (Å²) >= 11 is 0. The second-order valence-electron chi connectivity index (χ2n) is 6.72. The molecule has 0 saturated heterocycles. The van der Waals surface area contributed by atoms with Gasteiger partial charge in [0.25, 0.3) is 5.91 Å². The smallest absolute Gasteiger partial charge is 0.251 e. The molecule has 0 radical (unpaired) electrons. The number of hydrogen-bond donors (Lipinski definition) is 4. The molecule has 0 aliphatic rings. The van der Waals surface area contributed by atoms with Gasteiger partial charge in [-0.3, -0.25) is 14.4 Å². The van der Waals surface area contributed by atoms with Gasteiger partial charge in [-0.1, -0.05) is 13.0 Å². The molecule has 0 aliphatic heterocycles. The summed E-state index contributed by atoms with van der Waals surface area (Å²) < 4.78 is 5.18. The van der Waals surface area contributed by atoms with Gasteiger partial charge in [0.1, 0.15) is 5.76 Å². The highest BCUT2D eigenvalue weighted by Crippen LogP contribution is 2.15. The Bertz CT molecular complexity index is 1030. The third kappa shape index (κ3) is 6.74. The molecule has 3 rings (SSSR count). The molecule has 0 spiro atoms. The monoisotopic (exact) mass is 420 g/mol. The van der Waals surface area contributed by atoms with E-state index in [1.165, 1.54) is 0 Å². The molecule has 160 valence electrons. The van der Waals surface area contributed by atoms with E-state index in [0.717, 1.165) is 0 Å². The van der Waals surface area contributed by atoms with E-state index in [1.807, 2.05) is 0 Å². The van der Waals surface area contributed by atoms with E-state index in [-0.39, 0.29) is 24.3 Å². The second-order valence-corrected chi connectivity index (χ2v) is 6.72. The molecule has 31 heavy (non-hydrogen) atoms. The summed E-state index contributed by atoms with van der Waals surface area (Å²) in [6.45, 7) is 2.14. The van der Waals surface area contributed by atoms with E-state index in [9.17, 15) is 14.4 Å². The molecule has 0 bridgehead atoms. The average molecular weight is 420 g/mol. The van der Waals surface area contributed by atoms with Gasteiger partial charge in [0.05, 0.1) is 19.4 Å². The molecule has 0 fully saturated rings. The first-order chi connectivity index (χ1) is 15.0. The van der Waals surface area contributed by atoms with E-state index >= 15 is 0 Å². The minimum Gasteiger partial charge on any atom is -0.467 e. The molecule has 0 saturated carbocycles. The van der Waals surface area contributed by atoms with Gasteiger partial charge < -0.3 is 25.7 Å². The number of hydrogen-bond acceptors (Lipinski definition) is 5. The fraction of sp³-hybridized carbons (Fsp3) is 0.174. The maximum atomic E-state index is 12.2. The standard InChI is InChI=1S/C23H24N4O4/c1-2-21(28)26-18-5-3-6-19(13-18)27-22(29)15-24-17-10-8-16(9-11-17)23(30)25-14-20-7-4-12-31-20/h3-13,24H,2,14-15H2,1H3,(H,25,30)(H,26,28)(H,27,29). The van der Waals surface area contributed by atoms with Crippen LogP contribution in [0, 0.1) is 0 Å². The Morgan fingerprint density at radius 2 is 1.55 bits per heavy atom. The van der Waals surface area contributed by atoms with Crippen LogP contribution in [-0.2, 0) is 16.1 Å². The van der Waals surface area contributed by atoms with Crippen molar-refractivity contribution in [2.45, 2.75) is 19.9 Å². The minimum atomic E-state index is -0.237. The van der Waals surface area contributed by atoms with Crippen LogP contribution in [0.15, 0.2) is 71.3 Å². The number of amides is 3. The van der Waals surface area contributed by atoms with Gasteiger partial charge in [-0.2, -0.15) is 0 Å². The Labute approximate surface area is 180 Å². The molecule has 4 N–H and O–H groups in total. The number of nitrogens with one attached hydrogen (secondary N) is 4. The summed E-state index contributed by atoms with van der Waals surface area (Å²) in [6, 6.07) is 17.3. The Hall–Kier alpha value is -4.07. The first-order valence-electron chi connectivity index (χ1n) is 9.88. The summed E-state index contributed by atoms with van der Waals surface area (Å²) in [6.07, 6.45) is 1.93. The number of rotatable bonds is 9. The van der Waals surface area contributed by atoms with E-state index in [1.54, 1.807) is 73.9 Å². The van der Waals surface area contributed by atoms with Gasteiger partial charge in [0.2, 0.25) is 11.8 Å². The Morgan fingerprint density at radius 3 is 2.19 bits per heavy atom. The van der Waals surface area contributed by atoms with Gasteiger partial charge in [-0.25, -0.2) is 0 Å². The van der Waals surface area contributed by atoms with Crippen molar-refractivity contribution in [2.24, 2.45) is 0 Å². The highest BCUT2D eigenvalue weighted by molar-refractivity contribution is 5.96. The zero-order valence-corrected chi connectivity index (χ0v) is 17.1. The zero-order valence-electron chi connectivity index (χ0n) is 17.1. The van der Waals surface area contributed by atoms with Crippen molar-refractivity contribution >= 4 is 34.8 Å². The van der Waals surface area contributed by atoms with Crippen molar-refractivity contribution in [2.75, 3.05) is 22.5 Å². The Balaban J connectivity index is 1.46. The molecular weight excluding hydrogens is 396 g/mol. The average Bonchev–Trinajstić information content (AvgIpc) is 3.30. The number of carbonyl (C=O) groups excluding carboxylic acids is 3. The van der Waals surface area contributed by atoms with Crippen molar-refractivity contribution in [3.8, 4) is 0 Å². The molecule has 0 aliphatic carbocycles. The molecular formula is C23H24N4O4. The lowest BCUT2D eigenvalue weighted by atomic mass is 10.2. The van der Waals surface area contributed by atoms with E-state index < -0.39 is 0 Å². The summed E-state index contributed by atoms with van der Waals surface area (Å²) in [4.78, 5) is 35.9. The first-order valence-corrected chi connectivity index (χ1v) is 9.88. The second kappa shape index (κ2) is 10.6. The van der Waals surface area contributed by atoms with E-state index in [0.29, 0.717) is 41.4 Å². The van der Waals surface area contributed by atoms with Crippen LogP contribution in [0.25, 0.3) is 0 Å². The van der Waals surface area contributed by atoms with Crippen LogP contribution < -0.4 is 21.3 Å². The lowest BCUT2D eigenvalue weighted by molar-refractivity contribution is -0.116. The van der Waals surface area contributed by atoms with E-state index in [2.05, 4.69) is 21.3 Å². The van der Waals surface area contributed by atoms with Gasteiger partial charge >= 0.3 is 0 Å². The lowest BCUT2D eigenvalue weighted by Crippen LogP contribution is -2.23. The highest BCUT2D eigenvalue weighted by Gasteiger charge is 2.08. The topological polar surface area (TPSA) is 112 Å². The van der Waals surface area contributed by atoms with Gasteiger partial charge in [0.15, 0.2) is 0 Å². The molecule has 0 atom stereocenters. The molecule has 0 unspecified atom stereocenters. The van der Waals surface area contributed by atoms with Crippen molar-refractivity contribution in [1.29, 1.82) is 0 Å². The summed E-state index contributed by atoms with van der Waals surface area (Å²) in [5.41, 5.74) is 2.43. The van der Waals surface area contributed by atoms with Crippen LogP contribution in [-0.4, -0.2) is 24.3 Å². The fourth-order valence-corrected chi connectivity index (χ4v) is 2.73. The van der Waals surface area contributed by atoms with Crippen molar-refractivity contribution in [1.82, 2.24) is 5.32 Å². The number of furan rings is 1. The van der Waals surface area contributed by atoms with Crippen LogP contribution >= 0.6 is 0 Å². The normalized spacial score (nSPS) is 10.2. The summed E-state index contributed by atoms with van der Waals surface area (Å²) in [7, 11) is 0. The van der Waals surface area contributed by atoms with Crippen LogP contribution in [0.3, 0.4) is 0 Å². The van der Waals surface area contributed by atoms with Crippen LogP contribution in [0.4, 0.5) is 17.1 Å². The van der Waals surface area contributed by atoms with Crippen molar-refractivity contribution in [3.63, 3.8) is 0 Å². The van der Waals surface area contributed by atoms with Gasteiger partial charge in [-0.15, -0.1) is 0 Å². The molecule has 2 aromatic carbocycles. The Morgan fingerprint density at radius 1 is 0.839 bits per heavy atom. The minimum absolute atomic E-state index is 0.0512. The molecule has 1 aromatic heterocycles. The molecule has 3 aromatic rings. The highest BCUT2D eigenvalue weighted by atomic mass is 16.3. The maximum Gasteiger partial charge on any atom is 0.251 e. The van der Waals surface area contributed by atoms with Crippen LogP contribution in [0.1, 0.15) is 29.5 Å². The molecule has 8 nitrogen and oxygen atoms in total. The third-order valence-corrected chi connectivity index (χ3v) is 4.35. The SMILES string of the molecule is CCC(=O)Nc1cccc(NC(=O)CNc2ccc(C(=O)NCc3ccco3)cc2)c1. The fourth-order valence-electron chi connectivity index (χ4n) is 2.73. The molecule has 3 amide bonds. The number of benzene rings is 2. The number of carbonyl (C=O) groups is 3. The predicted octanol–water partition coefficient (Wildman–Crippen LogP) is 3.61. The first kappa shape index (κ1) is 21.6. The largest absolute Gasteiger partial charge is 0.467 e. The lowest BCUT2D eigenvalue weighted by Gasteiger charge is -2.10.